The van der Waals surface area contributed by atoms with Crippen LogP contribution in [-0.2, 0) is 21.2 Å². The Morgan fingerprint density at radius 1 is 1.32 bits per heavy atom. The van der Waals surface area contributed by atoms with Gasteiger partial charge in [-0.1, -0.05) is 13.3 Å². The number of sulfonamides is 1. The molecule has 3 rings (SSSR count). The average molecular weight is 365 g/mol. The van der Waals surface area contributed by atoms with E-state index in [2.05, 4.69) is 4.72 Å². The van der Waals surface area contributed by atoms with Crippen LogP contribution in [0.25, 0.3) is 0 Å². The number of fused-ring (bicyclic) bond motifs is 1. The van der Waals surface area contributed by atoms with E-state index in [1.807, 2.05) is 32.6 Å². The third kappa shape index (κ3) is 3.47. The smallest absolute Gasteiger partial charge is 0.241 e. The molecule has 1 fully saturated rings. The van der Waals surface area contributed by atoms with Crippen molar-refractivity contribution in [2.75, 3.05) is 4.90 Å². The minimum Gasteiger partial charge on any atom is -0.309 e. The van der Waals surface area contributed by atoms with Gasteiger partial charge in [-0.05, 0) is 70.2 Å². The first-order valence-electron chi connectivity index (χ1n) is 9.14. The van der Waals surface area contributed by atoms with Crippen LogP contribution >= 0.6 is 0 Å². The predicted octanol–water partition coefficient (Wildman–Crippen LogP) is 3.23. The molecule has 0 bridgehead atoms. The van der Waals surface area contributed by atoms with Gasteiger partial charge in [-0.25, -0.2) is 13.1 Å². The maximum atomic E-state index is 12.7. The van der Waals surface area contributed by atoms with E-state index in [9.17, 15) is 13.2 Å². The second kappa shape index (κ2) is 6.40. The standard InChI is InChI=1S/C19H28N2O3S/c1-5-19(3,4)20-25(23,24)16-9-10-17-15(12-16)11-13(2)21(17)18(22)14-7-6-8-14/h9-10,12-14,20H,5-8,11H2,1-4H3/t13-/m0/s1. The molecule has 1 aromatic carbocycles. The first-order valence-corrected chi connectivity index (χ1v) is 10.6. The minimum absolute atomic E-state index is 0.0843. The highest BCUT2D eigenvalue weighted by molar-refractivity contribution is 7.89. The predicted molar refractivity (Wildman–Crippen MR) is 99.1 cm³/mol. The molecule has 1 atom stereocenters. The van der Waals surface area contributed by atoms with Gasteiger partial charge < -0.3 is 4.90 Å². The number of carbonyl (C=O) groups is 1. The van der Waals surface area contributed by atoms with Gasteiger partial charge in [0.25, 0.3) is 0 Å². The van der Waals surface area contributed by atoms with E-state index < -0.39 is 15.6 Å². The Balaban J connectivity index is 1.88. The summed E-state index contributed by atoms with van der Waals surface area (Å²) >= 11 is 0. The monoisotopic (exact) mass is 364 g/mol. The molecule has 2 aliphatic rings. The fourth-order valence-corrected chi connectivity index (χ4v) is 4.99. The zero-order valence-corrected chi connectivity index (χ0v) is 16.3. The second-order valence-corrected chi connectivity index (χ2v) is 9.71. The molecule has 0 unspecified atom stereocenters. The van der Waals surface area contributed by atoms with Crippen molar-refractivity contribution in [3.63, 3.8) is 0 Å². The molecule has 25 heavy (non-hydrogen) atoms. The fraction of sp³-hybridized carbons (Fsp3) is 0.632. The van der Waals surface area contributed by atoms with Crippen LogP contribution in [0.5, 0.6) is 0 Å². The van der Waals surface area contributed by atoms with Gasteiger partial charge in [0.05, 0.1) is 4.90 Å². The average Bonchev–Trinajstić information content (AvgIpc) is 2.79. The van der Waals surface area contributed by atoms with Gasteiger partial charge in [-0.3, -0.25) is 4.79 Å². The summed E-state index contributed by atoms with van der Waals surface area (Å²) in [6.07, 6.45) is 4.48. The van der Waals surface area contributed by atoms with Crippen LogP contribution in [0.2, 0.25) is 0 Å². The lowest BCUT2D eigenvalue weighted by Gasteiger charge is -2.32. The second-order valence-electron chi connectivity index (χ2n) is 8.02. The Morgan fingerprint density at radius 2 is 2.00 bits per heavy atom. The van der Waals surface area contributed by atoms with Gasteiger partial charge in [0, 0.05) is 23.2 Å². The van der Waals surface area contributed by atoms with Crippen LogP contribution in [0.3, 0.4) is 0 Å². The van der Waals surface area contributed by atoms with E-state index >= 15 is 0 Å². The Morgan fingerprint density at radius 3 is 2.56 bits per heavy atom. The number of amides is 1. The van der Waals surface area contributed by atoms with E-state index in [0.29, 0.717) is 12.8 Å². The lowest BCUT2D eigenvalue weighted by atomic mass is 9.84. The lowest BCUT2D eigenvalue weighted by molar-refractivity contribution is -0.125. The zero-order valence-electron chi connectivity index (χ0n) is 15.5. The third-order valence-electron chi connectivity index (χ3n) is 5.56. The summed E-state index contributed by atoms with van der Waals surface area (Å²) in [4.78, 5) is 14.9. The maximum absolute atomic E-state index is 12.7. The molecule has 0 spiro atoms. The number of nitrogens with zero attached hydrogens (tertiary/aromatic N) is 1. The van der Waals surface area contributed by atoms with Crippen molar-refractivity contribution >= 4 is 21.6 Å². The number of benzene rings is 1. The Kier molecular flexibility index (Phi) is 4.71. The SMILES string of the molecule is CCC(C)(C)NS(=O)(=O)c1ccc2c(c1)C[C@H](C)N2C(=O)C1CCC1. The summed E-state index contributed by atoms with van der Waals surface area (Å²) in [5, 5.41) is 0. The lowest BCUT2D eigenvalue weighted by Crippen LogP contribution is -2.42. The van der Waals surface area contributed by atoms with Crippen LogP contribution in [0.4, 0.5) is 5.69 Å². The summed E-state index contributed by atoms with van der Waals surface area (Å²) in [7, 11) is -3.57. The molecule has 1 aliphatic carbocycles. The Bertz CT molecular complexity index is 782. The van der Waals surface area contributed by atoms with E-state index in [4.69, 9.17) is 0 Å². The van der Waals surface area contributed by atoms with Crippen molar-refractivity contribution in [3.05, 3.63) is 23.8 Å². The summed E-state index contributed by atoms with van der Waals surface area (Å²) < 4.78 is 28.1. The molecule has 0 saturated heterocycles. The number of hydrogen-bond donors (Lipinski definition) is 1. The van der Waals surface area contributed by atoms with E-state index in [1.54, 1.807) is 18.2 Å². The maximum Gasteiger partial charge on any atom is 0.241 e. The van der Waals surface area contributed by atoms with Gasteiger partial charge in [-0.2, -0.15) is 0 Å². The van der Waals surface area contributed by atoms with Crippen molar-refractivity contribution in [2.45, 2.75) is 76.3 Å². The molecule has 0 radical (unpaired) electrons. The van der Waals surface area contributed by atoms with Crippen LogP contribution in [0, 0.1) is 5.92 Å². The van der Waals surface area contributed by atoms with Crippen LogP contribution in [0.1, 0.15) is 58.9 Å². The van der Waals surface area contributed by atoms with E-state index in [-0.39, 0.29) is 22.8 Å². The zero-order chi connectivity index (χ0) is 18.4. The molecular weight excluding hydrogens is 336 g/mol. The molecule has 0 aromatic heterocycles. The van der Waals surface area contributed by atoms with Gasteiger partial charge in [0.2, 0.25) is 15.9 Å². The fourth-order valence-electron chi connectivity index (χ4n) is 3.46. The van der Waals surface area contributed by atoms with Crippen molar-refractivity contribution in [3.8, 4) is 0 Å². The van der Waals surface area contributed by atoms with Gasteiger partial charge >= 0.3 is 0 Å². The van der Waals surface area contributed by atoms with Crippen LogP contribution in [-0.4, -0.2) is 25.9 Å². The number of rotatable bonds is 5. The van der Waals surface area contributed by atoms with E-state index in [1.165, 1.54) is 0 Å². The number of nitrogens with one attached hydrogen (secondary N) is 1. The topological polar surface area (TPSA) is 66.5 Å². The highest BCUT2D eigenvalue weighted by Crippen LogP contribution is 2.38. The number of anilines is 1. The molecule has 6 heteroatoms. The largest absolute Gasteiger partial charge is 0.309 e. The van der Waals surface area contributed by atoms with Gasteiger partial charge in [-0.15, -0.1) is 0 Å². The molecule has 1 aliphatic heterocycles. The molecule has 1 aromatic rings. The molecule has 1 saturated carbocycles. The van der Waals surface area contributed by atoms with Crippen molar-refractivity contribution in [1.29, 1.82) is 0 Å². The van der Waals surface area contributed by atoms with Crippen molar-refractivity contribution in [1.82, 2.24) is 4.72 Å². The van der Waals surface area contributed by atoms with Crippen LogP contribution in [0.15, 0.2) is 23.1 Å². The number of carbonyl (C=O) groups excluding carboxylic acids is 1. The van der Waals surface area contributed by atoms with Gasteiger partial charge in [0.1, 0.15) is 0 Å². The molecule has 1 amide bonds. The summed E-state index contributed by atoms with van der Waals surface area (Å²) in [6.45, 7) is 7.73. The van der Waals surface area contributed by atoms with E-state index in [0.717, 1.165) is 30.5 Å². The highest BCUT2D eigenvalue weighted by Gasteiger charge is 2.37. The molecular formula is C19H28N2O3S. The normalized spacial score (nSPS) is 21.1. The highest BCUT2D eigenvalue weighted by atomic mass is 32.2. The molecule has 1 N–H and O–H groups in total. The quantitative estimate of drug-likeness (QED) is 0.872. The Labute approximate surface area is 150 Å². The Hall–Kier alpha value is -1.40. The van der Waals surface area contributed by atoms with Gasteiger partial charge in [0.15, 0.2) is 0 Å². The van der Waals surface area contributed by atoms with Crippen molar-refractivity contribution < 1.29 is 13.2 Å². The molecule has 1 heterocycles. The molecule has 5 nitrogen and oxygen atoms in total. The summed E-state index contributed by atoms with van der Waals surface area (Å²) in [5.41, 5.74) is 1.33. The summed E-state index contributed by atoms with van der Waals surface area (Å²) in [5.74, 6) is 0.335. The summed E-state index contributed by atoms with van der Waals surface area (Å²) in [6, 6.07) is 5.23. The minimum atomic E-state index is -3.57. The molecule has 138 valence electrons. The van der Waals surface area contributed by atoms with Crippen LogP contribution < -0.4 is 9.62 Å². The van der Waals surface area contributed by atoms with Crippen molar-refractivity contribution in [2.24, 2.45) is 5.92 Å². The number of hydrogen-bond acceptors (Lipinski definition) is 3. The third-order valence-corrected chi connectivity index (χ3v) is 7.26. The first-order chi connectivity index (χ1) is 11.6. The first kappa shape index (κ1) is 18.4.